The topological polar surface area (TPSA) is 62.7 Å². The molecule has 0 atom stereocenters. The molecule has 0 aliphatic rings. The Balaban J connectivity index is 2.06. The molecule has 2 heterocycles. The van der Waals surface area contributed by atoms with Crippen molar-refractivity contribution in [3.8, 4) is 0 Å². The Morgan fingerprint density at radius 1 is 1.31 bits per heavy atom. The highest BCUT2D eigenvalue weighted by Crippen LogP contribution is 2.13. The van der Waals surface area contributed by atoms with Gasteiger partial charge in [-0.2, -0.15) is 0 Å². The molecular weight excluding hydrogens is 222 g/mol. The number of hydrogen-bond donors (Lipinski definition) is 2. The summed E-state index contributed by atoms with van der Waals surface area (Å²) in [6.07, 6.45) is 1.85. The number of rotatable bonds is 4. The molecule has 0 fully saturated rings. The van der Waals surface area contributed by atoms with Crippen molar-refractivity contribution in [2.75, 3.05) is 17.7 Å². The Kier molecular flexibility index (Phi) is 3.31. The molecule has 0 amide bonds. The van der Waals surface area contributed by atoms with Crippen molar-refractivity contribution >= 4 is 23.0 Å². The molecule has 2 rings (SSSR count). The van der Waals surface area contributed by atoms with E-state index in [4.69, 9.17) is 0 Å². The smallest absolute Gasteiger partial charge is 0.132 e. The van der Waals surface area contributed by atoms with Crippen molar-refractivity contribution in [3.05, 3.63) is 28.5 Å². The van der Waals surface area contributed by atoms with Gasteiger partial charge < -0.3 is 10.6 Å². The number of nitrogens with zero attached hydrogens (tertiary/aromatic N) is 3. The van der Waals surface area contributed by atoms with Gasteiger partial charge in [-0.1, -0.05) is 0 Å². The van der Waals surface area contributed by atoms with Crippen LogP contribution in [0.15, 0.2) is 17.8 Å². The molecule has 0 aliphatic heterocycles. The Morgan fingerprint density at radius 2 is 2.12 bits per heavy atom. The summed E-state index contributed by atoms with van der Waals surface area (Å²) >= 11 is 1.62. The minimum Gasteiger partial charge on any atom is -0.373 e. The van der Waals surface area contributed by atoms with E-state index in [2.05, 4.69) is 25.6 Å². The zero-order valence-electron chi connectivity index (χ0n) is 9.19. The zero-order valence-corrected chi connectivity index (χ0v) is 10.0. The third-order valence-corrected chi connectivity index (χ3v) is 2.80. The van der Waals surface area contributed by atoms with Gasteiger partial charge in [0.15, 0.2) is 0 Å². The van der Waals surface area contributed by atoms with Gasteiger partial charge in [0, 0.05) is 24.2 Å². The first kappa shape index (κ1) is 10.8. The van der Waals surface area contributed by atoms with E-state index < -0.39 is 0 Å². The summed E-state index contributed by atoms with van der Waals surface area (Å²) in [6, 6.07) is 1.88. The van der Waals surface area contributed by atoms with Crippen molar-refractivity contribution in [2.24, 2.45) is 0 Å². The molecule has 16 heavy (non-hydrogen) atoms. The van der Waals surface area contributed by atoms with Crippen LogP contribution in [-0.2, 0) is 6.54 Å². The van der Waals surface area contributed by atoms with E-state index in [9.17, 15) is 0 Å². The lowest BCUT2D eigenvalue weighted by Crippen LogP contribution is -2.04. The monoisotopic (exact) mass is 235 g/mol. The normalized spacial score (nSPS) is 10.1. The molecule has 2 aromatic rings. The quantitative estimate of drug-likeness (QED) is 0.847. The van der Waals surface area contributed by atoms with E-state index in [1.807, 2.05) is 31.7 Å². The Morgan fingerprint density at radius 3 is 2.81 bits per heavy atom. The molecule has 0 spiro atoms. The van der Waals surface area contributed by atoms with Gasteiger partial charge in [-0.15, -0.1) is 11.3 Å². The average molecular weight is 235 g/mol. The second-order valence-electron chi connectivity index (χ2n) is 3.26. The highest BCUT2D eigenvalue weighted by Gasteiger charge is 2.00. The molecule has 0 saturated heterocycles. The third kappa shape index (κ3) is 2.66. The molecule has 0 saturated carbocycles. The molecule has 0 radical (unpaired) electrons. The molecule has 84 valence electrons. The summed E-state index contributed by atoms with van der Waals surface area (Å²) in [7, 11) is 1.84. The molecule has 0 bridgehead atoms. The van der Waals surface area contributed by atoms with Crippen molar-refractivity contribution < 1.29 is 0 Å². The fraction of sp³-hybridized carbons (Fsp3) is 0.300. The van der Waals surface area contributed by atoms with Crippen LogP contribution >= 0.6 is 11.3 Å². The lowest BCUT2D eigenvalue weighted by Gasteiger charge is -2.06. The first-order valence-electron chi connectivity index (χ1n) is 4.92. The molecule has 0 aromatic carbocycles. The van der Waals surface area contributed by atoms with Gasteiger partial charge in [0.2, 0.25) is 0 Å². The van der Waals surface area contributed by atoms with Crippen LogP contribution < -0.4 is 10.6 Å². The Bertz CT molecular complexity index is 454. The van der Waals surface area contributed by atoms with Gasteiger partial charge in [0.1, 0.15) is 17.5 Å². The number of hydrogen-bond acceptors (Lipinski definition) is 6. The molecule has 2 aromatic heterocycles. The van der Waals surface area contributed by atoms with E-state index in [-0.39, 0.29) is 0 Å². The summed E-state index contributed by atoms with van der Waals surface area (Å²) in [4.78, 5) is 13.7. The fourth-order valence-corrected chi connectivity index (χ4v) is 1.83. The van der Waals surface area contributed by atoms with Gasteiger partial charge in [-0.3, -0.25) is 4.98 Å². The maximum Gasteiger partial charge on any atom is 0.132 e. The number of aryl methyl sites for hydroxylation is 1. The summed E-state index contributed by atoms with van der Waals surface area (Å²) < 4.78 is 0. The predicted octanol–water partition coefficient (Wildman–Crippen LogP) is 1.90. The third-order valence-electron chi connectivity index (χ3n) is 2.02. The minimum atomic E-state index is 0.740. The summed E-state index contributed by atoms with van der Waals surface area (Å²) in [5.74, 6) is 2.39. The van der Waals surface area contributed by atoms with Gasteiger partial charge in [0.25, 0.3) is 0 Å². The summed E-state index contributed by atoms with van der Waals surface area (Å²) in [6.45, 7) is 2.61. The summed E-state index contributed by atoms with van der Waals surface area (Å²) in [5, 5.41) is 6.24. The standard InChI is InChI=1S/C10H13N5S/c1-7-14-9(11-2)3-10(15-7)13-5-8-4-12-6-16-8/h3-4,6H,5H2,1-2H3,(H2,11,13,14,15). The maximum atomic E-state index is 4.30. The van der Waals surface area contributed by atoms with Crippen molar-refractivity contribution in [2.45, 2.75) is 13.5 Å². The molecule has 0 unspecified atom stereocenters. The maximum absolute atomic E-state index is 4.30. The number of aromatic nitrogens is 3. The van der Waals surface area contributed by atoms with Crippen LogP contribution in [0, 0.1) is 6.92 Å². The van der Waals surface area contributed by atoms with Crippen molar-refractivity contribution in [3.63, 3.8) is 0 Å². The first-order valence-corrected chi connectivity index (χ1v) is 5.80. The second kappa shape index (κ2) is 4.89. The number of thiazole rings is 1. The highest BCUT2D eigenvalue weighted by atomic mass is 32.1. The first-order chi connectivity index (χ1) is 7.78. The lowest BCUT2D eigenvalue weighted by atomic mass is 10.4. The average Bonchev–Trinajstić information content (AvgIpc) is 2.78. The lowest BCUT2D eigenvalue weighted by molar-refractivity contribution is 1.03. The predicted molar refractivity (Wildman–Crippen MR) is 65.8 cm³/mol. The van der Waals surface area contributed by atoms with E-state index >= 15 is 0 Å². The van der Waals surface area contributed by atoms with Crippen LogP contribution in [0.2, 0.25) is 0 Å². The van der Waals surface area contributed by atoms with Crippen LogP contribution in [0.4, 0.5) is 11.6 Å². The SMILES string of the molecule is CNc1cc(NCc2cncs2)nc(C)n1. The minimum absolute atomic E-state index is 0.740. The van der Waals surface area contributed by atoms with Gasteiger partial charge in [-0.25, -0.2) is 9.97 Å². The number of anilines is 2. The molecular formula is C10H13N5S. The molecule has 5 nitrogen and oxygen atoms in total. The van der Waals surface area contributed by atoms with E-state index in [0.717, 1.165) is 24.0 Å². The molecule has 6 heteroatoms. The van der Waals surface area contributed by atoms with Gasteiger partial charge in [0.05, 0.1) is 12.1 Å². The van der Waals surface area contributed by atoms with Crippen LogP contribution in [0.5, 0.6) is 0 Å². The Labute approximate surface area is 98.0 Å². The van der Waals surface area contributed by atoms with Gasteiger partial charge >= 0.3 is 0 Å². The van der Waals surface area contributed by atoms with Crippen LogP contribution in [0.25, 0.3) is 0 Å². The second-order valence-corrected chi connectivity index (χ2v) is 4.23. The van der Waals surface area contributed by atoms with Crippen LogP contribution in [-0.4, -0.2) is 22.0 Å². The van der Waals surface area contributed by atoms with E-state index in [1.54, 1.807) is 11.3 Å². The van der Waals surface area contributed by atoms with Crippen LogP contribution in [0.3, 0.4) is 0 Å². The van der Waals surface area contributed by atoms with Gasteiger partial charge in [-0.05, 0) is 6.92 Å². The zero-order chi connectivity index (χ0) is 11.4. The van der Waals surface area contributed by atoms with Crippen LogP contribution in [0.1, 0.15) is 10.7 Å². The number of nitrogens with one attached hydrogen (secondary N) is 2. The molecule has 2 N–H and O–H groups in total. The molecule has 0 aliphatic carbocycles. The van der Waals surface area contributed by atoms with Crippen molar-refractivity contribution in [1.29, 1.82) is 0 Å². The fourth-order valence-electron chi connectivity index (χ4n) is 1.29. The highest BCUT2D eigenvalue weighted by molar-refractivity contribution is 7.09. The summed E-state index contributed by atoms with van der Waals surface area (Å²) in [5.41, 5.74) is 1.82. The van der Waals surface area contributed by atoms with E-state index in [0.29, 0.717) is 0 Å². The Hall–Kier alpha value is -1.69. The largest absolute Gasteiger partial charge is 0.373 e. The van der Waals surface area contributed by atoms with E-state index in [1.165, 1.54) is 4.88 Å². The van der Waals surface area contributed by atoms with Crippen molar-refractivity contribution in [1.82, 2.24) is 15.0 Å².